The van der Waals surface area contributed by atoms with Gasteiger partial charge < -0.3 is 25.4 Å². The molecule has 3 aromatic rings. The molecule has 1 aromatic heterocycles. The molecule has 2 aromatic carbocycles. The Hall–Kier alpha value is -3.90. The zero-order chi connectivity index (χ0) is 27.3. The van der Waals surface area contributed by atoms with E-state index in [-0.39, 0.29) is 48.5 Å². The van der Waals surface area contributed by atoms with Gasteiger partial charge in [0.2, 0.25) is 5.91 Å². The molecule has 0 saturated carbocycles. The Labute approximate surface area is 220 Å². The topological polar surface area (TPSA) is 114 Å². The molecule has 4 rings (SSSR count). The van der Waals surface area contributed by atoms with Gasteiger partial charge in [0, 0.05) is 42.7 Å². The Kier molecular flexibility index (Phi) is 8.02. The second-order valence-corrected chi connectivity index (χ2v) is 8.93. The van der Waals surface area contributed by atoms with E-state index >= 15 is 0 Å². The van der Waals surface area contributed by atoms with E-state index in [1.54, 1.807) is 24.3 Å². The molecule has 0 aliphatic carbocycles. The lowest BCUT2D eigenvalue weighted by Gasteiger charge is -2.27. The lowest BCUT2D eigenvalue weighted by molar-refractivity contribution is -0.137. The first-order chi connectivity index (χ1) is 18.1. The van der Waals surface area contributed by atoms with Crippen molar-refractivity contribution in [3.63, 3.8) is 0 Å². The second-order valence-electron chi connectivity index (χ2n) is 8.49. The molecule has 2 heterocycles. The molecule has 1 atom stereocenters. The summed E-state index contributed by atoms with van der Waals surface area (Å²) in [5, 5.41) is 8.25. The van der Waals surface area contributed by atoms with Crippen LogP contribution < -0.4 is 20.7 Å². The highest BCUT2D eigenvalue weighted by molar-refractivity contribution is 6.30. The van der Waals surface area contributed by atoms with Crippen molar-refractivity contribution in [3.8, 4) is 6.01 Å². The highest BCUT2D eigenvalue weighted by Crippen LogP contribution is 2.37. The van der Waals surface area contributed by atoms with Crippen molar-refractivity contribution in [1.82, 2.24) is 20.6 Å². The summed E-state index contributed by atoms with van der Waals surface area (Å²) in [6.45, 7) is 0.405. The molecule has 38 heavy (non-hydrogen) atoms. The van der Waals surface area contributed by atoms with E-state index in [9.17, 15) is 22.8 Å². The summed E-state index contributed by atoms with van der Waals surface area (Å²) < 4.78 is 50.3. The van der Waals surface area contributed by atoms with Gasteiger partial charge in [0.1, 0.15) is 5.54 Å². The van der Waals surface area contributed by atoms with Gasteiger partial charge in [0.15, 0.2) is 0 Å². The molecule has 1 aliphatic heterocycles. The number of benzene rings is 2. The van der Waals surface area contributed by atoms with Gasteiger partial charge in [-0.25, -0.2) is 9.97 Å². The minimum atomic E-state index is -4.58. The number of hydrogen-bond acceptors (Lipinski definition) is 7. The summed E-state index contributed by atoms with van der Waals surface area (Å²) >= 11 is 5.73. The maximum Gasteiger partial charge on any atom is 0.418 e. The fourth-order valence-electron chi connectivity index (χ4n) is 3.80. The number of aromatic nitrogens is 2. The molecule has 9 nitrogen and oxygen atoms in total. The zero-order valence-corrected chi connectivity index (χ0v) is 20.8. The van der Waals surface area contributed by atoms with Crippen LogP contribution in [-0.2, 0) is 22.3 Å². The summed E-state index contributed by atoms with van der Waals surface area (Å²) in [6.07, 6.45) is -1.72. The first-order valence-corrected chi connectivity index (χ1v) is 11.7. The third-order valence-corrected chi connectivity index (χ3v) is 6.09. The number of ether oxygens (including phenoxy) is 2. The van der Waals surface area contributed by atoms with E-state index in [2.05, 4.69) is 25.9 Å². The minimum Gasteiger partial charge on any atom is -0.467 e. The molecule has 13 heteroatoms. The first kappa shape index (κ1) is 27.1. The molecule has 0 bridgehead atoms. The van der Waals surface area contributed by atoms with Crippen LogP contribution >= 0.6 is 11.6 Å². The van der Waals surface area contributed by atoms with Gasteiger partial charge in [-0.15, -0.1) is 0 Å². The van der Waals surface area contributed by atoms with Crippen LogP contribution in [0.2, 0.25) is 5.02 Å². The summed E-state index contributed by atoms with van der Waals surface area (Å²) in [6, 6.07) is 10.1. The number of anilines is 2. The van der Waals surface area contributed by atoms with Crippen LogP contribution in [0.1, 0.15) is 27.9 Å². The quantitative estimate of drug-likeness (QED) is 0.387. The Morgan fingerprint density at radius 2 is 1.84 bits per heavy atom. The third-order valence-electron chi connectivity index (χ3n) is 5.86. The highest BCUT2D eigenvalue weighted by Gasteiger charge is 2.43. The molecule has 3 N–H and O–H groups in total. The Morgan fingerprint density at radius 1 is 1.13 bits per heavy atom. The van der Waals surface area contributed by atoms with Crippen LogP contribution in [0.3, 0.4) is 0 Å². The number of halogens is 4. The maximum atomic E-state index is 13.4. The van der Waals surface area contributed by atoms with E-state index < -0.39 is 29.1 Å². The molecule has 0 radical (unpaired) electrons. The van der Waals surface area contributed by atoms with Crippen molar-refractivity contribution >= 4 is 34.8 Å². The van der Waals surface area contributed by atoms with Crippen molar-refractivity contribution in [3.05, 3.63) is 76.6 Å². The molecule has 1 fully saturated rings. The minimum absolute atomic E-state index is 0.00687. The van der Waals surface area contributed by atoms with E-state index in [0.29, 0.717) is 11.3 Å². The van der Waals surface area contributed by atoms with Crippen LogP contribution in [0, 0.1) is 0 Å². The summed E-state index contributed by atoms with van der Waals surface area (Å²) in [5.74, 6) is -0.972. The van der Waals surface area contributed by atoms with Crippen molar-refractivity contribution in [2.45, 2.75) is 24.7 Å². The Morgan fingerprint density at radius 3 is 2.45 bits per heavy atom. The fourth-order valence-corrected chi connectivity index (χ4v) is 3.97. The van der Waals surface area contributed by atoms with E-state index in [1.165, 1.54) is 31.6 Å². The number of carbonyl (C=O) groups excluding carboxylic acids is 2. The van der Waals surface area contributed by atoms with E-state index in [0.717, 1.165) is 6.07 Å². The number of rotatable bonds is 8. The van der Waals surface area contributed by atoms with E-state index in [1.807, 2.05) is 0 Å². The number of alkyl halides is 3. The largest absolute Gasteiger partial charge is 0.467 e. The molecule has 1 saturated heterocycles. The predicted octanol–water partition coefficient (Wildman–Crippen LogP) is 4.11. The molecule has 0 spiro atoms. The number of carbonyl (C=O) groups is 2. The molecule has 2 amide bonds. The molecule has 200 valence electrons. The zero-order valence-electron chi connectivity index (χ0n) is 20.1. The molecule has 0 unspecified atom stereocenters. The van der Waals surface area contributed by atoms with Crippen molar-refractivity contribution in [1.29, 1.82) is 0 Å². The maximum absolute atomic E-state index is 13.4. The molecular weight excluding hydrogens is 527 g/mol. The summed E-state index contributed by atoms with van der Waals surface area (Å²) in [4.78, 5) is 33.6. The summed E-state index contributed by atoms with van der Waals surface area (Å²) in [5.41, 5.74) is -1.02. The van der Waals surface area contributed by atoms with Crippen LogP contribution in [0.4, 0.5) is 24.5 Å². The molecular formula is C25H23ClF3N5O4. The number of hydrogen-bond donors (Lipinski definition) is 3. The number of nitrogens with one attached hydrogen (secondary N) is 3. The van der Waals surface area contributed by atoms with Gasteiger partial charge in [-0.1, -0.05) is 23.7 Å². The predicted molar refractivity (Wildman–Crippen MR) is 132 cm³/mol. The average molecular weight is 550 g/mol. The monoisotopic (exact) mass is 549 g/mol. The van der Waals surface area contributed by atoms with Gasteiger partial charge in [-0.3, -0.25) is 9.59 Å². The van der Waals surface area contributed by atoms with Crippen molar-refractivity contribution < 1.29 is 32.2 Å². The van der Waals surface area contributed by atoms with Gasteiger partial charge in [-0.05, 0) is 35.9 Å². The third kappa shape index (κ3) is 6.32. The van der Waals surface area contributed by atoms with E-state index in [4.69, 9.17) is 21.1 Å². The van der Waals surface area contributed by atoms with Crippen molar-refractivity contribution in [2.75, 3.05) is 25.6 Å². The lowest BCUT2D eigenvalue weighted by Crippen LogP contribution is -2.59. The van der Waals surface area contributed by atoms with Crippen molar-refractivity contribution in [2.24, 2.45) is 0 Å². The smallest absolute Gasteiger partial charge is 0.418 e. The van der Waals surface area contributed by atoms with Crippen LogP contribution in [0.15, 0.2) is 54.9 Å². The van der Waals surface area contributed by atoms with Gasteiger partial charge in [-0.2, -0.15) is 13.2 Å². The average Bonchev–Trinajstić information content (AvgIpc) is 3.38. The standard InChI is InChI=1S/C25H23ClF3N5O4/c1-37-23-31-12-16(13-32-23)21(35)34-24(8-9-38-14-24)22(36)30-11-15-2-5-18(6-3-15)33-20-7-4-17(26)10-19(20)25(27,28)29/h2-7,10,12-13,33H,8-9,11,14H2,1H3,(H,30,36)(H,34,35)/t24-/m0/s1. The number of nitrogens with zero attached hydrogens (tertiary/aromatic N) is 2. The Bertz CT molecular complexity index is 1300. The lowest BCUT2D eigenvalue weighted by atomic mass is 9.96. The highest BCUT2D eigenvalue weighted by atomic mass is 35.5. The second kappa shape index (κ2) is 11.2. The van der Waals surface area contributed by atoms with Crippen LogP contribution in [0.5, 0.6) is 6.01 Å². The summed E-state index contributed by atoms with van der Waals surface area (Å²) in [7, 11) is 1.40. The molecule has 1 aliphatic rings. The number of methoxy groups -OCH3 is 1. The van der Waals surface area contributed by atoms with Crippen LogP contribution in [-0.4, -0.2) is 47.6 Å². The Balaban J connectivity index is 1.39. The first-order valence-electron chi connectivity index (χ1n) is 11.4. The van der Waals surface area contributed by atoms with Gasteiger partial charge in [0.25, 0.3) is 5.91 Å². The fraction of sp³-hybridized carbons (Fsp3) is 0.280. The normalized spacial score (nSPS) is 17.1. The van der Waals surface area contributed by atoms with Crippen LogP contribution in [0.25, 0.3) is 0 Å². The van der Waals surface area contributed by atoms with Gasteiger partial charge in [0.05, 0.1) is 30.5 Å². The van der Waals surface area contributed by atoms with Gasteiger partial charge >= 0.3 is 12.2 Å². The number of amides is 2. The SMILES string of the molecule is COc1ncc(C(=O)N[C@@]2(C(=O)NCc3ccc(Nc4ccc(Cl)cc4C(F)(F)F)cc3)CCOC2)cn1.